The van der Waals surface area contributed by atoms with Gasteiger partial charge in [0.15, 0.2) is 49.4 Å². The summed E-state index contributed by atoms with van der Waals surface area (Å²) >= 11 is 2.16. The number of halogens is 1. The summed E-state index contributed by atoms with van der Waals surface area (Å²) in [6.45, 7) is 10.8. The highest BCUT2D eigenvalue weighted by Crippen LogP contribution is 2.76. The maximum atomic E-state index is 16.1. The SMILES string of the molecule is CC1O[C@@H](OC2C(O)[C@@H](NC(=O)CCCCCCC(=O)c3ccc(I)cc3)C(CO)O[C@H]2OC(=O)[C@]23CCC(C)(C)CC2C2=CCC4C5(C)CC[C@H](O[C@@H]6OC(C(=O)O)[C@@H](O)[C@H](O[C@@H]7OC[C@@H](O)[C@H](O)C7O)C6O[C@@H]6OC(CO)[C@H](O)[C@H](O)C6O)[C@](C)(C=O)[C@@H]5CC[C@]4(C)[C@]2(C)CC3O)C(O)C(O)[C@H]1O[C@@H]1OC[C@@H](O)C(O)C1O. The molecular weight excluding hydrogens is 1620 g/mol. The van der Waals surface area contributed by atoms with Crippen molar-refractivity contribution in [2.24, 2.45) is 50.2 Å². The van der Waals surface area contributed by atoms with Crippen molar-refractivity contribution in [2.45, 2.75) is 329 Å². The van der Waals surface area contributed by atoms with Crippen LogP contribution in [0.3, 0.4) is 0 Å². The van der Waals surface area contributed by atoms with E-state index in [2.05, 4.69) is 68.6 Å². The number of carboxylic acid groups (broad SMARTS) is 1. The van der Waals surface area contributed by atoms with E-state index in [9.17, 15) is 106 Å². The van der Waals surface area contributed by atoms with Crippen molar-refractivity contribution in [3.8, 4) is 0 Å². The number of fused-ring (bicyclic) bond motifs is 7. The van der Waals surface area contributed by atoms with Crippen LogP contribution < -0.4 is 5.32 Å². The third-order valence-electron chi connectivity index (χ3n) is 27.9. The van der Waals surface area contributed by atoms with Gasteiger partial charge >= 0.3 is 11.9 Å². The Bertz CT molecular complexity index is 3550. The molecule has 35 nitrogen and oxygen atoms in total. The Kier molecular flexibility index (Phi) is 27.9. The zero-order chi connectivity index (χ0) is 83.0. The first kappa shape index (κ1) is 89.6. The summed E-state index contributed by atoms with van der Waals surface area (Å²) in [6, 6.07) is 5.76. The molecule has 0 spiro atoms. The summed E-state index contributed by atoms with van der Waals surface area (Å²) in [5, 5.41) is 192. The molecule has 1 amide bonds. The number of amides is 1. The molecule has 11 aliphatic rings. The summed E-state index contributed by atoms with van der Waals surface area (Å²) in [4.78, 5) is 70.3. The lowest BCUT2D eigenvalue weighted by Crippen LogP contribution is -2.70. The molecule has 10 fully saturated rings. The summed E-state index contributed by atoms with van der Waals surface area (Å²) in [5.41, 5.74) is -4.48. The van der Waals surface area contributed by atoms with Crippen LogP contribution in [0.25, 0.3) is 0 Å². The van der Waals surface area contributed by atoms with Gasteiger partial charge in [-0.3, -0.25) is 14.4 Å². The average molecular weight is 1740 g/mol. The van der Waals surface area contributed by atoms with Crippen LogP contribution in [-0.2, 0) is 76.0 Å². The number of aldehydes is 1. The summed E-state index contributed by atoms with van der Waals surface area (Å²) < 4.78 is 74.1. The van der Waals surface area contributed by atoms with Gasteiger partial charge in [0.1, 0.15) is 122 Å². The summed E-state index contributed by atoms with van der Waals surface area (Å²) in [6.07, 6.45) is -44.6. The van der Waals surface area contributed by atoms with E-state index in [1.807, 2.05) is 12.1 Å². The number of aliphatic hydroxyl groups is 16. The standard InChI is InChI=1S/C78H116INO34/c1-33-60(109-66-55(95)49(89)39(85)30-103-66)54(94)58(98)68(105-33)112-63-52(92)48(80-47(88)13-11-9-8-10-12-38(84)34-14-16-35(79)17-15-34)41(28-81)106-70(63)114-72(102)78-25-24-73(2,3)26-37(78)36-18-19-44-74(4)22-21-46(75(5,32-83)43(74)20-23-76(44,6)77(36,7)27-45(78)87)108-71-64(113-69-57(97)53(93)51(91)42(29-82)107-69)61(59(99)62(111-71)65(100)101)110-67-56(96)50(90)40(86)31-104-67/h14-18,32-33,37,39-46,48-64,66-71,81-82,85-87,89-99H,8-13,19-31H2,1-7H3,(H,80,88)(H,100,101)/t33?,37?,39-,40-,41?,42?,43-,44?,45?,46+,48+,49?,50+,51+,52?,53+,54?,55?,56?,57?,58?,59+,60+,61+,62?,63?,64?,66+,67+,68+,69+,70+,71-,74?,75-,76+,77-,78-/m1/s1. The summed E-state index contributed by atoms with van der Waals surface area (Å²) in [5.74, 6) is -4.79. The van der Waals surface area contributed by atoms with Crippen LogP contribution >= 0.6 is 22.6 Å². The number of carbonyl (C=O) groups is 5. The van der Waals surface area contributed by atoms with Gasteiger partial charge in [-0.2, -0.15) is 0 Å². The van der Waals surface area contributed by atoms with Crippen molar-refractivity contribution >= 4 is 52.5 Å². The van der Waals surface area contributed by atoms with Gasteiger partial charge < -0.3 is 154 Å². The Balaban J connectivity index is 0.802. The Morgan fingerprint density at radius 3 is 1.76 bits per heavy atom. The molecule has 0 radical (unpaired) electrons. The average Bonchev–Trinajstić information content (AvgIpc) is 0.669. The molecule has 12 rings (SSSR count). The van der Waals surface area contributed by atoms with E-state index in [0.717, 1.165) is 15.4 Å². The molecule has 17 unspecified atom stereocenters. The third-order valence-corrected chi connectivity index (χ3v) is 28.6. The number of aliphatic hydroxyl groups excluding tert-OH is 16. The molecule has 4 saturated carbocycles. The Labute approximate surface area is 672 Å². The van der Waals surface area contributed by atoms with E-state index < -0.39 is 273 Å². The second-order valence-electron chi connectivity index (χ2n) is 35.2. The van der Waals surface area contributed by atoms with E-state index in [4.69, 9.17) is 56.8 Å². The number of unbranched alkanes of at least 4 members (excludes halogenated alkanes) is 3. The van der Waals surface area contributed by atoms with Crippen LogP contribution in [0.15, 0.2) is 35.9 Å². The summed E-state index contributed by atoms with van der Waals surface area (Å²) in [7, 11) is 0. The lowest BCUT2D eigenvalue weighted by molar-refractivity contribution is -0.391. The molecule has 6 aliphatic heterocycles. The molecule has 36 heteroatoms. The number of hydrogen-bond acceptors (Lipinski definition) is 33. The third kappa shape index (κ3) is 16.7. The fourth-order valence-corrected chi connectivity index (χ4v) is 21.3. The van der Waals surface area contributed by atoms with Crippen LogP contribution in [0.5, 0.6) is 0 Å². The number of carbonyl (C=O) groups excluding carboxylic acids is 4. The number of esters is 1. The molecule has 18 N–H and O–H groups in total. The van der Waals surface area contributed by atoms with E-state index in [-0.39, 0.29) is 37.4 Å². The second kappa shape index (κ2) is 35.4. The van der Waals surface area contributed by atoms with Crippen molar-refractivity contribution in [3.05, 3.63) is 45.0 Å². The second-order valence-corrected chi connectivity index (χ2v) is 36.5. The molecule has 0 bridgehead atoms. The topological polar surface area (TPSA) is 552 Å². The fourth-order valence-electron chi connectivity index (χ4n) is 21.0. The predicted octanol–water partition coefficient (Wildman–Crippen LogP) is -1.89. The van der Waals surface area contributed by atoms with Crippen molar-refractivity contribution in [3.63, 3.8) is 0 Å². The van der Waals surface area contributed by atoms with Crippen LogP contribution in [0, 0.1) is 53.8 Å². The molecule has 5 aliphatic carbocycles. The molecule has 6 saturated heterocycles. The maximum Gasteiger partial charge on any atom is 0.335 e. The van der Waals surface area contributed by atoms with E-state index >= 15 is 4.79 Å². The Morgan fingerprint density at radius 2 is 1.14 bits per heavy atom. The predicted molar refractivity (Wildman–Crippen MR) is 394 cm³/mol. The fraction of sp³-hybridized carbons (Fsp3) is 0.833. The first-order valence-electron chi connectivity index (χ1n) is 39.8. The van der Waals surface area contributed by atoms with Gasteiger partial charge in [0, 0.05) is 22.0 Å². The molecule has 644 valence electrons. The van der Waals surface area contributed by atoms with Gasteiger partial charge in [-0.1, -0.05) is 78.2 Å². The first-order chi connectivity index (χ1) is 53.7. The molecule has 1 aromatic rings. The largest absolute Gasteiger partial charge is 0.479 e. The van der Waals surface area contributed by atoms with Crippen molar-refractivity contribution in [2.75, 3.05) is 26.4 Å². The number of rotatable bonds is 25. The monoisotopic (exact) mass is 1740 g/mol. The minimum Gasteiger partial charge on any atom is -0.479 e. The molecule has 114 heavy (non-hydrogen) atoms. The van der Waals surface area contributed by atoms with Crippen molar-refractivity contribution < 1.29 is 168 Å². The number of ether oxygens (including phenoxy) is 12. The number of hydrogen-bond donors (Lipinski definition) is 18. The molecule has 1 aromatic carbocycles. The van der Waals surface area contributed by atoms with Crippen LogP contribution in [0.4, 0.5) is 0 Å². The zero-order valence-electron chi connectivity index (χ0n) is 64.9. The number of carboxylic acids is 1. The van der Waals surface area contributed by atoms with Crippen LogP contribution in [0.2, 0.25) is 0 Å². The highest BCUT2D eigenvalue weighted by Gasteiger charge is 2.73. The number of Topliss-reactive ketones (excluding diaryl/α,β-unsaturated/α-hetero) is 1. The van der Waals surface area contributed by atoms with Crippen molar-refractivity contribution in [1.29, 1.82) is 0 Å². The lowest BCUT2D eigenvalue weighted by Gasteiger charge is -2.71. The highest BCUT2D eigenvalue weighted by molar-refractivity contribution is 14.1. The minimum absolute atomic E-state index is 0.00278. The van der Waals surface area contributed by atoms with Gasteiger partial charge in [-0.05, 0) is 152 Å². The zero-order valence-corrected chi connectivity index (χ0v) is 67.0. The molecule has 0 aromatic heterocycles. The van der Waals surface area contributed by atoms with Gasteiger partial charge in [0.05, 0.1) is 56.2 Å². The van der Waals surface area contributed by atoms with Crippen LogP contribution in [0.1, 0.15) is 155 Å². The molecular formula is C78H116INO34. The highest BCUT2D eigenvalue weighted by atomic mass is 127. The number of benzene rings is 1. The van der Waals surface area contributed by atoms with Crippen LogP contribution in [-0.4, -0.2) is 327 Å². The quantitative estimate of drug-likeness (QED) is 0.00968. The smallest absolute Gasteiger partial charge is 0.335 e. The van der Waals surface area contributed by atoms with Gasteiger partial charge in [0.2, 0.25) is 12.2 Å². The molecule has 38 atom stereocenters. The number of nitrogens with one attached hydrogen (secondary N) is 1. The number of allylic oxidation sites excluding steroid dienone is 2. The minimum atomic E-state index is -2.23. The van der Waals surface area contributed by atoms with E-state index in [1.165, 1.54) is 6.92 Å². The van der Waals surface area contributed by atoms with E-state index in [0.29, 0.717) is 76.2 Å². The van der Waals surface area contributed by atoms with Gasteiger partial charge in [-0.25, -0.2) is 4.79 Å². The Hall–Kier alpha value is -3.64. The van der Waals surface area contributed by atoms with Gasteiger partial charge in [-0.15, -0.1) is 0 Å². The maximum absolute atomic E-state index is 16.1. The molecule has 6 heterocycles. The number of ketones is 1. The van der Waals surface area contributed by atoms with Gasteiger partial charge in [0.25, 0.3) is 0 Å². The van der Waals surface area contributed by atoms with Crippen molar-refractivity contribution in [1.82, 2.24) is 5.32 Å². The first-order valence-corrected chi connectivity index (χ1v) is 40.9. The van der Waals surface area contributed by atoms with E-state index in [1.54, 1.807) is 19.1 Å². The lowest BCUT2D eigenvalue weighted by atomic mass is 9.33. The normalized spacial score (nSPS) is 48.1. The number of aliphatic carboxylic acids is 1. The Morgan fingerprint density at radius 1 is 0.561 bits per heavy atom.